The van der Waals surface area contributed by atoms with Crippen molar-refractivity contribution in [2.24, 2.45) is 0 Å². The predicted octanol–water partition coefficient (Wildman–Crippen LogP) is 3.83. The summed E-state index contributed by atoms with van der Waals surface area (Å²) < 4.78 is 17.2. The molecule has 28 heavy (non-hydrogen) atoms. The number of carbonyl (C=O) groups is 1. The van der Waals surface area contributed by atoms with Crippen LogP contribution in [-0.2, 0) is 0 Å². The van der Waals surface area contributed by atoms with Crippen LogP contribution in [0.2, 0.25) is 0 Å². The molecule has 3 rings (SSSR count). The van der Waals surface area contributed by atoms with Crippen molar-refractivity contribution >= 4 is 27.5 Å². The molecule has 0 aliphatic carbocycles. The van der Waals surface area contributed by atoms with Crippen LogP contribution in [0, 0.1) is 0 Å². The molecule has 7 heteroatoms. The van der Waals surface area contributed by atoms with Gasteiger partial charge in [-0.15, -0.1) is 0 Å². The third-order valence-electron chi connectivity index (χ3n) is 4.77. The molecule has 2 aromatic rings. The lowest BCUT2D eigenvalue weighted by atomic mass is 10.1. The first-order valence-electron chi connectivity index (χ1n) is 9.26. The lowest BCUT2D eigenvalue weighted by Crippen LogP contribution is -2.48. The Morgan fingerprint density at radius 1 is 1.00 bits per heavy atom. The molecule has 0 radical (unpaired) electrons. The van der Waals surface area contributed by atoms with Crippen LogP contribution in [0.4, 0.5) is 5.69 Å². The number of piperazine rings is 1. The van der Waals surface area contributed by atoms with Gasteiger partial charge in [-0.2, -0.15) is 0 Å². The number of para-hydroxylation sites is 2. The first-order valence-corrected chi connectivity index (χ1v) is 10.1. The highest BCUT2D eigenvalue weighted by Gasteiger charge is 2.25. The van der Waals surface area contributed by atoms with Crippen molar-refractivity contribution in [1.29, 1.82) is 0 Å². The second kappa shape index (κ2) is 9.19. The first kappa shape index (κ1) is 20.3. The second-order valence-corrected chi connectivity index (χ2v) is 7.17. The zero-order valence-corrected chi connectivity index (χ0v) is 18.0. The average molecular weight is 449 g/mol. The van der Waals surface area contributed by atoms with E-state index in [9.17, 15) is 4.79 Å². The standard InChI is InChI=1S/C21H25BrN2O4/c1-4-28-17-8-6-5-7-16(17)23-9-11-24(12-10-23)21(25)15-13-18(26-2)20(22)19(14-15)27-3/h5-8,13-14H,4,9-12H2,1-3H3. The molecule has 2 aromatic carbocycles. The Hall–Kier alpha value is -2.41. The molecule has 0 unspecified atom stereocenters. The number of ether oxygens (including phenoxy) is 3. The van der Waals surface area contributed by atoms with Gasteiger partial charge in [0.25, 0.3) is 5.91 Å². The van der Waals surface area contributed by atoms with Gasteiger partial charge >= 0.3 is 0 Å². The van der Waals surface area contributed by atoms with Gasteiger partial charge < -0.3 is 24.0 Å². The molecule has 0 saturated carbocycles. The summed E-state index contributed by atoms with van der Waals surface area (Å²) in [6.07, 6.45) is 0. The molecule has 1 aliphatic rings. The van der Waals surface area contributed by atoms with Crippen LogP contribution in [-0.4, -0.2) is 57.8 Å². The van der Waals surface area contributed by atoms with Gasteiger partial charge in [0.05, 0.1) is 26.5 Å². The van der Waals surface area contributed by atoms with Crippen LogP contribution in [0.5, 0.6) is 17.2 Å². The van der Waals surface area contributed by atoms with E-state index in [1.165, 1.54) is 0 Å². The molecular weight excluding hydrogens is 424 g/mol. The van der Waals surface area contributed by atoms with Crippen LogP contribution < -0.4 is 19.1 Å². The van der Waals surface area contributed by atoms with Gasteiger partial charge in [-0.25, -0.2) is 0 Å². The van der Waals surface area contributed by atoms with Gasteiger partial charge in [-0.05, 0) is 47.1 Å². The minimum atomic E-state index is -0.0261. The summed E-state index contributed by atoms with van der Waals surface area (Å²) >= 11 is 3.44. The largest absolute Gasteiger partial charge is 0.495 e. The van der Waals surface area contributed by atoms with Crippen molar-refractivity contribution in [3.05, 3.63) is 46.4 Å². The average Bonchev–Trinajstić information content (AvgIpc) is 2.74. The second-order valence-electron chi connectivity index (χ2n) is 6.37. The Kier molecular flexibility index (Phi) is 6.67. The van der Waals surface area contributed by atoms with Crippen molar-refractivity contribution in [2.45, 2.75) is 6.92 Å². The van der Waals surface area contributed by atoms with E-state index < -0.39 is 0 Å². The molecule has 0 bridgehead atoms. The van der Waals surface area contributed by atoms with E-state index >= 15 is 0 Å². The van der Waals surface area contributed by atoms with Crippen molar-refractivity contribution < 1.29 is 19.0 Å². The monoisotopic (exact) mass is 448 g/mol. The zero-order valence-electron chi connectivity index (χ0n) is 16.4. The smallest absolute Gasteiger partial charge is 0.254 e. The SMILES string of the molecule is CCOc1ccccc1N1CCN(C(=O)c2cc(OC)c(Br)c(OC)c2)CC1. The van der Waals surface area contributed by atoms with Crippen LogP contribution >= 0.6 is 15.9 Å². The van der Waals surface area contributed by atoms with Gasteiger partial charge in [-0.1, -0.05) is 12.1 Å². The number of hydrogen-bond donors (Lipinski definition) is 0. The van der Waals surface area contributed by atoms with Crippen molar-refractivity contribution in [3.8, 4) is 17.2 Å². The number of anilines is 1. The Labute approximate surface area is 174 Å². The van der Waals surface area contributed by atoms with Gasteiger partial charge in [0, 0.05) is 31.7 Å². The lowest BCUT2D eigenvalue weighted by Gasteiger charge is -2.36. The molecular formula is C21H25BrN2O4. The summed E-state index contributed by atoms with van der Waals surface area (Å²) in [7, 11) is 3.14. The van der Waals surface area contributed by atoms with E-state index in [-0.39, 0.29) is 5.91 Å². The quantitative estimate of drug-likeness (QED) is 0.671. The van der Waals surface area contributed by atoms with Crippen molar-refractivity contribution in [3.63, 3.8) is 0 Å². The molecule has 1 heterocycles. The maximum Gasteiger partial charge on any atom is 0.254 e. The Balaban J connectivity index is 1.73. The summed E-state index contributed by atoms with van der Waals surface area (Å²) in [6.45, 7) is 5.39. The molecule has 0 atom stereocenters. The molecule has 0 aromatic heterocycles. The van der Waals surface area contributed by atoms with Crippen molar-refractivity contribution in [1.82, 2.24) is 4.90 Å². The molecule has 0 N–H and O–H groups in total. The molecule has 1 fully saturated rings. The van der Waals surface area contributed by atoms with E-state index in [1.807, 2.05) is 30.0 Å². The fraction of sp³-hybridized carbons (Fsp3) is 0.381. The van der Waals surface area contributed by atoms with Crippen LogP contribution in [0.15, 0.2) is 40.9 Å². The third-order valence-corrected chi connectivity index (χ3v) is 5.55. The number of carbonyl (C=O) groups excluding carboxylic acids is 1. The van der Waals surface area contributed by atoms with Gasteiger partial charge in [0.1, 0.15) is 21.7 Å². The van der Waals surface area contributed by atoms with E-state index in [0.29, 0.717) is 41.2 Å². The van der Waals surface area contributed by atoms with Gasteiger partial charge in [0.15, 0.2) is 0 Å². The Morgan fingerprint density at radius 2 is 1.61 bits per heavy atom. The molecule has 6 nitrogen and oxygen atoms in total. The summed E-state index contributed by atoms with van der Waals surface area (Å²) in [6, 6.07) is 11.5. The highest BCUT2D eigenvalue weighted by atomic mass is 79.9. The van der Waals surface area contributed by atoms with Crippen LogP contribution in [0.1, 0.15) is 17.3 Å². The fourth-order valence-electron chi connectivity index (χ4n) is 3.32. The predicted molar refractivity (Wildman–Crippen MR) is 113 cm³/mol. The number of hydrogen-bond acceptors (Lipinski definition) is 5. The number of amides is 1. The van der Waals surface area contributed by atoms with E-state index in [4.69, 9.17) is 14.2 Å². The highest BCUT2D eigenvalue weighted by molar-refractivity contribution is 9.10. The number of nitrogens with zero attached hydrogens (tertiary/aromatic N) is 2. The fourth-order valence-corrected chi connectivity index (χ4v) is 3.87. The highest BCUT2D eigenvalue weighted by Crippen LogP contribution is 2.36. The molecule has 150 valence electrons. The Morgan fingerprint density at radius 3 is 2.18 bits per heavy atom. The normalized spacial score (nSPS) is 14.0. The zero-order chi connectivity index (χ0) is 20.1. The van der Waals surface area contributed by atoms with Crippen molar-refractivity contribution in [2.75, 3.05) is 51.9 Å². The van der Waals surface area contributed by atoms with Gasteiger partial charge in [-0.3, -0.25) is 4.79 Å². The number of benzene rings is 2. The van der Waals surface area contributed by atoms with E-state index in [2.05, 4.69) is 26.9 Å². The minimum absolute atomic E-state index is 0.0261. The topological polar surface area (TPSA) is 51.2 Å². The molecule has 1 amide bonds. The third kappa shape index (κ3) is 4.19. The number of methoxy groups -OCH3 is 2. The summed E-state index contributed by atoms with van der Waals surface area (Å²) in [4.78, 5) is 17.1. The molecule has 1 saturated heterocycles. The summed E-state index contributed by atoms with van der Waals surface area (Å²) in [5.41, 5.74) is 1.63. The van der Waals surface area contributed by atoms with E-state index in [1.54, 1.807) is 26.4 Å². The van der Waals surface area contributed by atoms with E-state index in [0.717, 1.165) is 24.5 Å². The maximum absolute atomic E-state index is 13.0. The first-order chi connectivity index (χ1) is 13.6. The Bertz CT molecular complexity index is 810. The van der Waals surface area contributed by atoms with Gasteiger partial charge in [0.2, 0.25) is 0 Å². The minimum Gasteiger partial charge on any atom is -0.495 e. The summed E-state index contributed by atoms with van der Waals surface area (Å²) in [5, 5.41) is 0. The van der Waals surface area contributed by atoms with Crippen LogP contribution in [0.25, 0.3) is 0 Å². The molecule has 1 aliphatic heterocycles. The van der Waals surface area contributed by atoms with Crippen LogP contribution in [0.3, 0.4) is 0 Å². The molecule has 0 spiro atoms. The lowest BCUT2D eigenvalue weighted by molar-refractivity contribution is 0.0746. The number of rotatable bonds is 6. The maximum atomic E-state index is 13.0. The number of halogens is 1. The summed E-state index contributed by atoms with van der Waals surface area (Å²) in [5.74, 6) is 2.01.